The van der Waals surface area contributed by atoms with Gasteiger partial charge in [0.2, 0.25) is 5.76 Å². The topological polar surface area (TPSA) is 68.0 Å². The van der Waals surface area contributed by atoms with E-state index >= 15 is 0 Å². The number of benzene rings is 1. The van der Waals surface area contributed by atoms with Gasteiger partial charge in [-0.1, -0.05) is 32.0 Å². The van der Waals surface area contributed by atoms with Crippen LogP contribution in [0.2, 0.25) is 0 Å². The third kappa shape index (κ3) is 2.57. The number of carbonyl (C=O) groups is 1. The third-order valence-electron chi connectivity index (χ3n) is 3.39. The zero-order valence-electron chi connectivity index (χ0n) is 12.8. The number of aryl methyl sites for hydroxylation is 1. The van der Waals surface area contributed by atoms with E-state index in [1.165, 1.54) is 0 Å². The van der Waals surface area contributed by atoms with Gasteiger partial charge in [-0.2, -0.15) is 0 Å². The van der Waals surface area contributed by atoms with Crippen LogP contribution < -0.4 is 5.32 Å². The predicted octanol–water partition coefficient (Wildman–Crippen LogP) is 3.91. The first-order valence-electron chi connectivity index (χ1n) is 7.18. The fraction of sp³-hybridized carbons (Fsp3) is 0.235. The summed E-state index contributed by atoms with van der Waals surface area (Å²) >= 11 is 0. The SMILES string of the molecule is Cc1nc(C(C)C)c(C(=O)Nc2cccc3cccnc23)o1. The number of para-hydroxylation sites is 1. The van der Waals surface area contributed by atoms with Crippen LogP contribution in [0.4, 0.5) is 5.69 Å². The number of pyridine rings is 1. The molecule has 22 heavy (non-hydrogen) atoms. The monoisotopic (exact) mass is 295 g/mol. The van der Waals surface area contributed by atoms with Gasteiger partial charge in [0.05, 0.1) is 16.9 Å². The van der Waals surface area contributed by atoms with E-state index in [-0.39, 0.29) is 17.6 Å². The normalized spacial score (nSPS) is 11.1. The van der Waals surface area contributed by atoms with Gasteiger partial charge in [-0.3, -0.25) is 9.78 Å². The average Bonchev–Trinajstić information content (AvgIpc) is 2.90. The molecule has 0 radical (unpaired) electrons. The van der Waals surface area contributed by atoms with Crippen LogP contribution >= 0.6 is 0 Å². The Morgan fingerprint density at radius 1 is 1.23 bits per heavy atom. The molecule has 0 aliphatic heterocycles. The van der Waals surface area contributed by atoms with E-state index in [2.05, 4.69) is 15.3 Å². The Morgan fingerprint density at radius 2 is 2.00 bits per heavy atom. The number of rotatable bonds is 3. The molecule has 2 heterocycles. The molecule has 3 aromatic rings. The summed E-state index contributed by atoms with van der Waals surface area (Å²) in [5, 5.41) is 3.85. The van der Waals surface area contributed by atoms with E-state index in [1.807, 2.05) is 44.2 Å². The number of fused-ring (bicyclic) bond motifs is 1. The zero-order chi connectivity index (χ0) is 15.7. The summed E-state index contributed by atoms with van der Waals surface area (Å²) in [6, 6.07) is 9.48. The molecule has 112 valence electrons. The predicted molar refractivity (Wildman–Crippen MR) is 85.0 cm³/mol. The summed E-state index contributed by atoms with van der Waals surface area (Å²) in [5.41, 5.74) is 2.08. The maximum atomic E-state index is 12.5. The molecule has 0 saturated heterocycles. The van der Waals surface area contributed by atoms with Crippen LogP contribution in [0.1, 0.15) is 41.9 Å². The molecule has 0 unspecified atom stereocenters. The fourth-order valence-corrected chi connectivity index (χ4v) is 2.38. The van der Waals surface area contributed by atoms with Crippen LogP contribution in [0, 0.1) is 6.92 Å². The number of nitrogens with one attached hydrogen (secondary N) is 1. The van der Waals surface area contributed by atoms with Gasteiger partial charge in [0.25, 0.3) is 5.91 Å². The molecule has 0 aliphatic carbocycles. The van der Waals surface area contributed by atoms with Crippen LogP contribution in [0.25, 0.3) is 10.9 Å². The van der Waals surface area contributed by atoms with Crippen LogP contribution in [-0.4, -0.2) is 15.9 Å². The lowest BCUT2D eigenvalue weighted by Crippen LogP contribution is -2.14. The van der Waals surface area contributed by atoms with Crippen LogP contribution in [-0.2, 0) is 0 Å². The molecule has 3 rings (SSSR count). The highest BCUT2D eigenvalue weighted by molar-refractivity contribution is 6.07. The van der Waals surface area contributed by atoms with Crippen molar-refractivity contribution >= 4 is 22.5 Å². The molecule has 1 amide bonds. The highest BCUT2D eigenvalue weighted by Gasteiger charge is 2.21. The Bertz CT molecular complexity index is 832. The van der Waals surface area contributed by atoms with Gasteiger partial charge in [-0.05, 0) is 18.1 Å². The number of hydrogen-bond acceptors (Lipinski definition) is 4. The Kier molecular flexibility index (Phi) is 3.63. The van der Waals surface area contributed by atoms with Crippen molar-refractivity contribution in [1.29, 1.82) is 0 Å². The van der Waals surface area contributed by atoms with E-state index in [4.69, 9.17) is 4.42 Å². The first-order valence-corrected chi connectivity index (χ1v) is 7.18. The van der Waals surface area contributed by atoms with Gasteiger partial charge >= 0.3 is 0 Å². The minimum atomic E-state index is -0.303. The molecule has 5 heteroatoms. The third-order valence-corrected chi connectivity index (χ3v) is 3.39. The van der Waals surface area contributed by atoms with Crippen molar-refractivity contribution in [3.05, 3.63) is 53.9 Å². The second-order valence-electron chi connectivity index (χ2n) is 5.44. The molecule has 0 fully saturated rings. The molecule has 0 spiro atoms. The molecule has 0 aliphatic rings. The lowest BCUT2D eigenvalue weighted by molar-refractivity contribution is 0.0994. The van der Waals surface area contributed by atoms with Gasteiger partial charge in [0.1, 0.15) is 0 Å². The largest absolute Gasteiger partial charge is 0.436 e. The molecule has 0 bridgehead atoms. The molecule has 2 aromatic heterocycles. The van der Waals surface area contributed by atoms with Crippen LogP contribution in [0.15, 0.2) is 40.9 Å². The van der Waals surface area contributed by atoms with Crippen molar-refractivity contribution in [2.75, 3.05) is 5.32 Å². The van der Waals surface area contributed by atoms with E-state index in [0.717, 1.165) is 10.9 Å². The second-order valence-corrected chi connectivity index (χ2v) is 5.44. The van der Waals surface area contributed by atoms with Crippen molar-refractivity contribution in [1.82, 2.24) is 9.97 Å². The molecule has 1 N–H and O–H groups in total. The van der Waals surface area contributed by atoms with Gasteiger partial charge in [0.15, 0.2) is 5.89 Å². The summed E-state index contributed by atoms with van der Waals surface area (Å²) < 4.78 is 5.48. The minimum absolute atomic E-state index is 0.115. The van der Waals surface area contributed by atoms with E-state index in [1.54, 1.807) is 13.1 Å². The highest BCUT2D eigenvalue weighted by Crippen LogP contribution is 2.24. The Balaban J connectivity index is 1.97. The smallest absolute Gasteiger partial charge is 0.293 e. The van der Waals surface area contributed by atoms with Crippen molar-refractivity contribution in [2.45, 2.75) is 26.7 Å². The van der Waals surface area contributed by atoms with Crippen LogP contribution in [0.3, 0.4) is 0 Å². The number of nitrogens with zero attached hydrogens (tertiary/aromatic N) is 2. The Morgan fingerprint density at radius 3 is 2.77 bits per heavy atom. The number of hydrogen-bond donors (Lipinski definition) is 1. The first kappa shape index (κ1) is 14.3. The van der Waals surface area contributed by atoms with Crippen LogP contribution in [0.5, 0.6) is 0 Å². The summed E-state index contributed by atoms with van der Waals surface area (Å²) in [6.45, 7) is 5.70. The number of carbonyl (C=O) groups excluding carboxylic acids is 1. The number of oxazole rings is 1. The molecule has 0 saturated carbocycles. The van der Waals surface area contributed by atoms with E-state index < -0.39 is 0 Å². The molecular weight excluding hydrogens is 278 g/mol. The lowest BCUT2D eigenvalue weighted by atomic mass is 10.1. The van der Waals surface area contributed by atoms with Gasteiger partial charge in [-0.25, -0.2) is 4.98 Å². The van der Waals surface area contributed by atoms with Gasteiger partial charge in [0, 0.05) is 18.5 Å². The lowest BCUT2D eigenvalue weighted by Gasteiger charge is -2.08. The second kappa shape index (κ2) is 5.60. The fourth-order valence-electron chi connectivity index (χ4n) is 2.38. The van der Waals surface area contributed by atoms with Crippen molar-refractivity contribution < 1.29 is 9.21 Å². The van der Waals surface area contributed by atoms with Gasteiger partial charge in [-0.15, -0.1) is 0 Å². The molecule has 5 nitrogen and oxygen atoms in total. The Labute approximate surface area is 128 Å². The minimum Gasteiger partial charge on any atom is -0.436 e. The van der Waals surface area contributed by atoms with E-state index in [9.17, 15) is 4.79 Å². The summed E-state index contributed by atoms with van der Waals surface area (Å²) in [6.07, 6.45) is 1.70. The summed E-state index contributed by atoms with van der Waals surface area (Å²) in [7, 11) is 0. The number of aromatic nitrogens is 2. The number of anilines is 1. The maximum absolute atomic E-state index is 12.5. The van der Waals surface area contributed by atoms with Crippen molar-refractivity contribution in [3.8, 4) is 0 Å². The highest BCUT2D eigenvalue weighted by atomic mass is 16.4. The molecular formula is C17H17N3O2. The summed E-state index contributed by atoms with van der Waals surface area (Å²) in [4.78, 5) is 21.1. The Hall–Kier alpha value is -2.69. The van der Waals surface area contributed by atoms with Crippen molar-refractivity contribution in [2.24, 2.45) is 0 Å². The van der Waals surface area contributed by atoms with Gasteiger partial charge < -0.3 is 9.73 Å². The standard InChI is InChI=1S/C17H17N3O2/c1-10(2)14-16(22-11(3)19-14)17(21)20-13-8-4-6-12-7-5-9-18-15(12)13/h4-10H,1-3H3,(H,20,21). The number of amides is 1. The van der Waals surface area contributed by atoms with E-state index in [0.29, 0.717) is 17.3 Å². The molecule has 0 atom stereocenters. The van der Waals surface area contributed by atoms with Crippen molar-refractivity contribution in [3.63, 3.8) is 0 Å². The average molecular weight is 295 g/mol. The molecule has 1 aromatic carbocycles. The maximum Gasteiger partial charge on any atom is 0.293 e. The quantitative estimate of drug-likeness (QED) is 0.795. The zero-order valence-corrected chi connectivity index (χ0v) is 12.8. The summed E-state index contributed by atoms with van der Waals surface area (Å²) in [5.74, 6) is 0.566. The first-order chi connectivity index (χ1) is 10.6.